The Bertz CT molecular complexity index is 871. The van der Waals surface area contributed by atoms with Crippen LogP contribution in [0.15, 0.2) is 48.7 Å². The van der Waals surface area contributed by atoms with Gasteiger partial charge in [-0.3, -0.25) is 10.00 Å². The van der Waals surface area contributed by atoms with E-state index in [2.05, 4.69) is 32.1 Å². The van der Waals surface area contributed by atoms with E-state index in [-0.39, 0.29) is 0 Å². The van der Waals surface area contributed by atoms with E-state index in [1.165, 1.54) is 5.69 Å². The smallest absolute Gasteiger partial charge is 0.142 e. The number of nitrogens with zero attached hydrogens (tertiary/aromatic N) is 3. The lowest BCUT2D eigenvalue weighted by Gasteiger charge is -2.36. The molecule has 2 aromatic carbocycles. The van der Waals surface area contributed by atoms with Crippen molar-refractivity contribution in [1.29, 1.82) is 0 Å². The second-order valence-electron chi connectivity index (χ2n) is 6.82. The Hall–Kier alpha value is -2.73. The first-order valence-electron chi connectivity index (χ1n) is 9.50. The second kappa shape index (κ2) is 8.31. The standard InChI is InChI=1S/C21H26N4O2/c1-26-21-6-3-2-5-20(21)25-12-10-24(11-13-25)9-4-14-27-18-8-7-17-16-22-23-19(17)15-18/h2-3,5-8,15-16H,4,9-14H2,1H3,(H,22,23). The van der Waals surface area contributed by atoms with Gasteiger partial charge in [0.15, 0.2) is 0 Å². The van der Waals surface area contributed by atoms with Crippen LogP contribution in [-0.2, 0) is 0 Å². The molecular weight excluding hydrogens is 340 g/mol. The van der Waals surface area contributed by atoms with Gasteiger partial charge in [-0.05, 0) is 30.7 Å². The van der Waals surface area contributed by atoms with Crippen molar-refractivity contribution < 1.29 is 9.47 Å². The van der Waals surface area contributed by atoms with Crippen molar-refractivity contribution in [2.75, 3.05) is 51.3 Å². The molecule has 6 heteroatoms. The minimum atomic E-state index is 0.729. The molecule has 0 aliphatic carbocycles. The van der Waals surface area contributed by atoms with Crippen LogP contribution in [0.5, 0.6) is 11.5 Å². The number of hydrogen-bond acceptors (Lipinski definition) is 5. The number of nitrogens with one attached hydrogen (secondary N) is 1. The molecule has 2 heterocycles. The van der Waals surface area contributed by atoms with E-state index in [1.807, 2.05) is 36.5 Å². The molecule has 6 nitrogen and oxygen atoms in total. The maximum Gasteiger partial charge on any atom is 0.142 e. The highest BCUT2D eigenvalue weighted by Crippen LogP contribution is 2.28. The molecule has 0 bridgehead atoms. The van der Waals surface area contributed by atoms with Gasteiger partial charge in [0.2, 0.25) is 0 Å². The summed E-state index contributed by atoms with van der Waals surface area (Å²) in [4.78, 5) is 4.92. The molecule has 1 N–H and O–H groups in total. The Morgan fingerprint density at radius 3 is 2.78 bits per heavy atom. The fourth-order valence-corrected chi connectivity index (χ4v) is 3.59. The van der Waals surface area contributed by atoms with Crippen LogP contribution < -0.4 is 14.4 Å². The summed E-state index contributed by atoms with van der Waals surface area (Å²) >= 11 is 0. The third kappa shape index (κ3) is 4.17. The number of rotatable bonds is 7. The van der Waals surface area contributed by atoms with Gasteiger partial charge in [0.1, 0.15) is 11.5 Å². The van der Waals surface area contributed by atoms with Crippen LogP contribution in [0.4, 0.5) is 5.69 Å². The number of fused-ring (bicyclic) bond motifs is 1. The summed E-state index contributed by atoms with van der Waals surface area (Å²) in [6.45, 7) is 5.98. The Kier molecular flexibility index (Phi) is 5.44. The summed E-state index contributed by atoms with van der Waals surface area (Å²) in [7, 11) is 1.74. The lowest BCUT2D eigenvalue weighted by molar-refractivity contribution is 0.224. The number of ether oxygens (including phenoxy) is 2. The number of methoxy groups -OCH3 is 1. The predicted octanol–water partition coefficient (Wildman–Crippen LogP) is 3.16. The molecule has 1 aliphatic heterocycles. The Morgan fingerprint density at radius 1 is 1.07 bits per heavy atom. The molecule has 0 saturated carbocycles. The summed E-state index contributed by atoms with van der Waals surface area (Å²) in [6, 6.07) is 14.3. The van der Waals surface area contributed by atoms with Crippen molar-refractivity contribution in [3.05, 3.63) is 48.7 Å². The van der Waals surface area contributed by atoms with Crippen molar-refractivity contribution in [3.8, 4) is 11.5 Å². The number of anilines is 1. The highest BCUT2D eigenvalue weighted by molar-refractivity contribution is 5.79. The van der Waals surface area contributed by atoms with Gasteiger partial charge in [-0.2, -0.15) is 5.10 Å². The summed E-state index contributed by atoms with van der Waals surface area (Å²) in [6.07, 6.45) is 2.85. The lowest BCUT2D eigenvalue weighted by Crippen LogP contribution is -2.46. The maximum atomic E-state index is 5.89. The minimum Gasteiger partial charge on any atom is -0.495 e. The molecular formula is C21H26N4O2. The third-order valence-electron chi connectivity index (χ3n) is 5.10. The molecule has 0 amide bonds. The molecule has 4 rings (SSSR count). The summed E-state index contributed by atoms with van der Waals surface area (Å²) in [5, 5.41) is 8.12. The molecule has 142 valence electrons. The zero-order valence-corrected chi connectivity index (χ0v) is 15.7. The normalized spacial score (nSPS) is 15.2. The van der Waals surface area contributed by atoms with Crippen molar-refractivity contribution in [2.45, 2.75) is 6.42 Å². The van der Waals surface area contributed by atoms with E-state index in [0.717, 1.165) is 68.2 Å². The lowest BCUT2D eigenvalue weighted by atomic mass is 10.2. The molecule has 0 atom stereocenters. The highest BCUT2D eigenvalue weighted by Gasteiger charge is 2.19. The molecule has 1 aromatic heterocycles. The zero-order valence-electron chi connectivity index (χ0n) is 15.7. The molecule has 1 fully saturated rings. The van der Waals surface area contributed by atoms with E-state index in [4.69, 9.17) is 9.47 Å². The van der Waals surface area contributed by atoms with E-state index >= 15 is 0 Å². The number of aromatic amines is 1. The molecule has 0 unspecified atom stereocenters. The number of para-hydroxylation sites is 2. The first kappa shape index (κ1) is 17.7. The van der Waals surface area contributed by atoms with Crippen LogP contribution in [0.25, 0.3) is 10.9 Å². The van der Waals surface area contributed by atoms with E-state index in [9.17, 15) is 0 Å². The number of aromatic nitrogens is 2. The van der Waals surface area contributed by atoms with Gasteiger partial charge in [0, 0.05) is 44.2 Å². The fraction of sp³-hybridized carbons (Fsp3) is 0.381. The van der Waals surface area contributed by atoms with Gasteiger partial charge in [-0.15, -0.1) is 0 Å². The van der Waals surface area contributed by atoms with Gasteiger partial charge in [-0.1, -0.05) is 12.1 Å². The molecule has 0 radical (unpaired) electrons. The topological polar surface area (TPSA) is 53.6 Å². The maximum absolute atomic E-state index is 5.89. The van der Waals surface area contributed by atoms with Crippen LogP contribution in [0.2, 0.25) is 0 Å². The highest BCUT2D eigenvalue weighted by atomic mass is 16.5. The number of benzene rings is 2. The van der Waals surface area contributed by atoms with E-state index < -0.39 is 0 Å². The predicted molar refractivity (Wildman–Crippen MR) is 108 cm³/mol. The SMILES string of the molecule is COc1ccccc1N1CCN(CCCOc2ccc3cn[nH]c3c2)CC1. The molecule has 0 spiro atoms. The Morgan fingerprint density at radius 2 is 1.93 bits per heavy atom. The summed E-state index contributed by atoms with van der Waals surface area (Å²) in [5.74, 6) is 1.85. The zero-order chi connectivity index (χ0) is 18.5. The van der Waals surface area contributed by atoms with Gasteiger partial charge in [0.25, 0.3) is 0 Å². The van der Waals surface area contributed by atoms with Crippen LogP contribution in [0.1, 0.15) is 6.42 Å². The van der Waals surface area contributed by atoms with E-state index in [0.29, 0.717) is 0 Å². The van der Waals surface area contributed by atoms with Gasteiger partial charge in [0.05, 0.1) is 31.1 Å². The van der Waals surface area contributed by atoms with Crippen LogP contribution in [-0.4, -0.2) is 61.5 Å². The number of piperazine rings is 1. The van der Waals surface area contributed by atoms with Gasteiger partial charge in [-0.25, -0.2) is 0 Å². The van der Waals surface area contributed by atoms with Crippen molar-refractivity contribution >= 4 is 16.6 Å². The monoisotopic (exact) mass is 366 g/mol. The van der Waals surface area contributed by atoms with Gasteiger partial charge >= 0.3 is 0 Å². The summed E-state index contributed by atoms with van der Waals surface area (Å²) < 4.78 is 11.4. The van der Waals surface area contributed by atoms with Crippen LogP contribution in [0.3, 0.4) is 0 Å². The second-order valence-corrected chi connectivity index (χ2v) is 6.82. The first-order chi connectivity index (χ1) is 13.3. The number of H-pyrrole nitrogens is 1. The molecule has 1 saturated heterocycles. The fourth-order valence-electron chi connectivity index (χ4n) is 3.59. The van der Waals surface area contributed by atoms with Gasteiger partial charge < -0.3 is 14.4 Å². The summed E-state index contributed by atoms with van der Waals surface area (Å²) in [5.41, 5.74) is 2.21. The number of hydrogen-bond donors (Lipinski definition) is 1. The third-order valence-corrected chi connectivity index (χ3v) is 5.10. The average molecular weight is 366 g/mol. The molecule has 3 aromatic rings. The van der Waals surface area contributed by atoms with Crippen molar-refractivity contribution in [1.82, 2.24) is 15.1 Å². The van der Waals surface area contributed by atoms with Crippen molar-refractivity contribution in [2.24, 2.45) is 0 Å². The minimum absolute atomic E-state index is 0.729. The molecule has 27 heavy (non-hydrogen) atoms. The Labute approximate surface area is 159 Å². The average Bonchev–Trinajstić information content (AvgIpc) is 3.19. The van der Waals surface area contributed by atoms with Crippen LogP contribution in [0, 0.1) is 0 Å². The Balaban J connectivity index is 1.20. The van der Waals surface area contributed by atoms with E-state index in [1.54, 1.807) is 7.11 Å². The molecule has 1 aliphatic rings. The first-order valence-corrected chi connectivity index (χ1v) is 9.50. The quantitative estimate of drug-likeness (QED) is 0.651. The van der Waals surface area contributed by atoms with Crippen molar-refractivity contribution in [3.63, 3.8) is 0 Å². The largest absolute Gasteiger partial charge is 0.495 e. The van der Waals surface area contributed by atoms with Crippen LogP contribution >= 0.6 is 0 Å².